The maximum atomic E-state index is 12.4. The molecule has 0 spiro atoms. The predicted molar refractivity (Wildman–Crippen MR) is 164 cm³/mol. The summed E-state index contributed by atoms with van der Waals surface area (Å²) in [4.78, 5) is 17.2. The summed E-state index contributed by atoms with van der Waals surface area (Å²) in [6.07, 6.45) is 7.57. The molecule has 3 heterocycles. The summed E-state index contributed by atoms with van der Waals surface area (Å²) >= 11 is 0. The van der Waals surface area contributed by atoms with Crippen LogP contribution in [0.5, 0.6) is 0 Å². The number of rotatable bonds is 9. The molecule has 5 aromatic rings. The van der Waals surface area contributed by atoms with Crippen LogP contribution in [0.15, 0.2) is 109 Å². The molecular formula is C35H34N4O2. The van der Waals surface area contributed by atoms with Crippen molar-refractivity contribution in [2.75, 3.05) is 18.5 Å². The number of allylic oxidation sites excluding steroid dienone is 1. The number of fused-ring (bicyclic) bond motifs is 1. The van der Waals surface area contributed by atoms with Crippen molar-refractivity contribution in [1.29, 1.82) is 0 Å². The molecule has 0 unspecified atom stereocenters. The standard InChI is InChI=1S/C35H34N4O2/c1-2-30(40)18-19-31-33-32(20-23-36-34(33)37-29-21-24-41-25-22-29)39(38-31)35(26-12-6-3-7-13-26,27-14-8-4-9-15-27)28-16-10-5-11-17-28/h3-20,23,29H,2,21-22,24-25H2,1H3,(H,36,37)/b19-18+. The molecule has 1 N–H and O–H groups in total. The van der Waals surface area contributed by atoms with E-state index in [9.17, 15) is 4.79 Å². The van der Waals surface area contributed by atoms with E-state index >= 15 is 0 Å². The maximum Gasteiger partial charge on any atom is 0.155 e. The lowest BCUT2D eigenvalue weighted by molar-refractivity contribution is -0.114. The zero-order valence-electron chi connectivity index (χ0n) is 23.2. The van der Waals surface area contributed by atoms with Crippen LogP contribution in [0, 0.1) is 0 Å². The second kappa shape index (κ2) is 11.9. The number of anilines is 1. The van der Waals surface area contributed by atoms with Crippen LogP contribution in [-0.2, 0) is 15.1 Å². The second-order valence-electron chi connectivity index (χ2n) is 10.3. The number of hydrogen-bond acceptors (Lipinski definition) is 5. The van der Waals surface area contributed by atoms with Crippen LogP contribution >= 0.6 is 0 Å². The molecule has 0 radical (unpaired) electrons. The molecule has 6 rings (SSSR count). The van der Waals surface area contributed by atoms with Gasteiger partial charge in [-0.1, -0.05) is 97.9 Å². The minimum absolute atomic E-state index is 0.0518. The SMILES string of the molecule is CCC(=O)/C=C/c1nn(C(c2ccccc2)(c2ccccc2)c2ccccc2)c2ccnc(NC3CCOCC3)c12. The van der Waals surface area contributed by atoms with Crippen molar-refractivity contribution in [3.63, 3.8) is 0 Å². The van der Waals surface area contributed by atoms with E-state index in [1.807, 2.05) is 43.5 Å². The Morgan fingerprint density at radius 1 is 0.902 bits per heavy atom. The first-order chi connectivity index (χ1) is 20.2. The van der Waals surface area contributed by atoms with E-state index in [1.165, 1.54) is 0 Å². The van der Waals surface area contributed by atoms with E-state index in [1.54, 1.807) is 6.08 Å². The molecule has 41 heavy (non-hydrogen) atoms. The Labute approximate surface area is 240 Å². The van der Waals surface area contributed by atoms with Gasteiger partial charge in [0.1, 0.15) is 11.4 Å². The number of benzene rings is 3. The van der Waals surface area contributed by atoms with Crippen molar-refractivity contribution < 1.29 is 9.53 Å². The van der Waals surface area contributed by atoms with Gasteiger partial charge < -0.3 is 10.1 Å². The van der Waals surface area contributed by atoms with Gasteiger partial charge in [-0.15, -0.1) is 0 Å². The lowest BCUT2D eigenvalue weighted by atomic mass is 9.77. The fourth-order valence-electron chi connectivity index (χ4n) is 5.80. The highest BCUT2D eigenvalue weighted by molar-refractivity contribution is 6.00. The van der Waals surface area contributed by atoms with E-state index in [-0.39, 0.29) is 11.8 Å². The smallest absolute Gasteiger partial charge is 0.155 e. The lowest BCUT2D eigenvalue weighted by Gasteiger charge is -2.37. The number of hydrogen-bond donors (Lipinski definition) is 1. The second-order valence-corrected chi connectivity index (χ2v) is 10.3. The maximum absolute atomic E-state index is 12.4. The van der Waals surface area contributed by atoms with Gasteiger partial charge in [-0.05, 0) is 47.8 Å². The van der Waals surface area contributed by atoms with E-state index in [0.29, 0.717) is 12.1 Å². The number of aromatic nitrogens is 3. The molecule has 1 aliphatic heterocycles. The third-order valence-electron chi connectivity index (χ3n) is 7.85. The van der Waals surface area contributed by atoms with Crippen molar-refractivity contribution in [1.82, 2.24) is 14.8 Å². The van der Waals surface area contributed by atoms with E-state index in [4.69, 9.17) is 14.8 Å². The average Bonchev–Trinajstić information content (AvgIpc) is 3.42. The molecular weight excluding hydrogens is 508 g/mol. The van der Waals surface area contributed by atoms with Crippen molar-refractivity contribution in [2.24, 2.45) is 0 Å². The van der Waals surface area contributed by atoms with Crippen molar-refractivity contribution >= 4 is 28.6 Å². The summed E-state index contributed by atoms with van der Waals surface area (Å²) in [5.41, 5.74) is 4.08. The Morgan fingerprint density at radius 2 is 1.46 bits per heavy atom. The number of nitrogens with zero attached hydrogens (tertiary/aromatic N) is 3. The number of ether oxygens (including phenoxy) is 1. The molecule has 0 amide bonds. The Morgan fingerprint density at radius 3 is 2.00 bits per heavy atom. The summed E-state index contributed by atoms with van der Waals surface area (Å²) in [5, 5.41) is 9.91. The normalized spacial score (nSPS) is 14.5. The Kier molecular flexibility index (Phi) is 7.74. The predicted octanol–water partition coefficient (Wildman–Crippen LogP) is 6.85. The Hall–Kier alpha value is -4.55. The number of nitrogens with one attached hydrogen (secondary N) is 1. The molecule has 1 saturated heterocycles. The third kappa shape index (κ3) is 5.07. The van der Waals surface area contributed by atoms with Crippen LogP contribution in [0.1, 0.15) is 48.6 Å². The van der Waals surface area contributed by atoms with Gasteiger partial charge in [-0.2, -0.15) is 5.10 Å². The van der Waals surface area contributed by atoms with Gasteiger partial charge in [0.05, 0.1) is 16.6 Å². The number of carbonyl (C=O) groups excluding carboxylic acids is 1. The van der Waals surface area contributed by atoms with Crippen LogP contribution in [0.3, 0.4) is 0 Å². The molecule has 0 saturated carbocycles. The topological polar surface area (TPSA) is 69.0 Å². The van der Waals surface area contributed by atoms with E-state index < -0.39 is 5.54 Å². The molecule has 206 valence electrons. The molecule has 1 aliphatic rings. The van der Waals surface area contributed by atoms with Crippen LogP contribution in [0.2, 0.25) is 0 Å². The molecule has 0 atom stereocenters. The fourth-order valence-corrected chi connectivity index (χ4v) is 5.80. The zero-order chi connectivity index (χ0) is 28.1. The average molecular weight is 543 g/mol. The van der Waals surface area contributed by atoms with Crippen molar-refractivity contribution in [3.8, 4) is 0 Å². The Balaban J connectivity index is 1.68. The molecule has 2 aromatic heterocycles. The molecule has 0 bridgehead atoms. The summed E-state index contributed by atoms with van der Waals surface area (Å²) in [6, 6.07) is 33.8. The van der Waals surface area contributed by atoms with Gasteiger partial charge in [0.15, 0.2) is 5.78 Å². The van der Waals surface area contributed by atoms with E-state index in [0.717, 1.165) is 59.5 Å². The largest absolute Gasteiger partial charge is 0.381 e. The quantitative estimate of drug-likeness (QED) is 0.163. The summed E-state index contributed by atoms with van der Waals surface area (Å²) in [6.45, 7) is 3.32. The van der Waals surface area contributed by atoms with Crippen LogP contribution in [0.4, 0.5) is 5.82 Å². The fraction of sp³-hybridized carbons (Fsp3) is 0.229. The van der Waals surface area contributed by atoms with Gasteiger partial charge in [0, 0.05) is 31.9 Å². The first-order valence-electron chi connectivity index (χ1n) is 14.3. The molecule has 0 aliphatic carbocycles. The van der Waals surface area contributed by atoms with Gasteiger partial charge in [-0.25, -0.2) is 9.67 Å². The first kappa shape index (κ1) is 26.7. The van der Waals surface area contributed by atoms with Gasteiger partial charge >= 0.3 is 0 Å². The summed E-state index contributed by atoms with van der Waals surface area (Å²) in [5.74, 6) is 0.823. The van der Waals surface area contributed by atoms with Crippen LogP contribution in [0.25, 0.3) is 17.0 Å². The monoisotopic (exact) mass is 542 g/mol. The highest BCUT2D eigenvalue weighted by atomic mass is 16.5. The first-order valence-corrected chi connectivity index (χ1v) is 14.3. The van der Waals surface area contributed by atoms with Crippen molar-refractivity contribution in [3.05, 3.63) is 132 Å². The molecule has 6 nitrogen and oxygen atoms in total. The zero-order valence-corrected chi connectivity index (χ0v) is 23.2. The molecule has 6 heteroatoms. The third-order valence-corrected chi connectivity index (χ3v) is 7.85. The number of ketones is 1. The van der Waals surface area contributed by atoms with Gasteiger partial charge in [0.25, 0.3) is 0 Å². The van der Waals surface area contributed by atoms with Crippen molar-refractivity contribution in [2.45, 2.75) is 37.8 Å². The highest BCUT2D eigenvalue weighted by Crippen LogP contribution is 2.43. The highest BCUT2D eigenvalue weighted by Gasteiger charge is 2.41. The lowest BCUT2D eigenvalue weighted by Crippen LogP contribution is -2.38. The Bertz CT molecular complexity index is 1540. The minimum Gasteiger partial charge on any atom is -0.381 e. The minimum atomic E-state index is -0.791. The van der Waals surface area contributed by atoms with Crippen LogP contribution < -0.4 is 5.32 Å². The number of pyridine rings is 1. The summed E-state index contributed by atoms with van der Waals surface area (Å²) in [7, 11) is 0. The van der Waals surface area contributed by atoms with Gasteiger partial charge in [-0.3, -0.25) is 4.79 Å². The molecule has 1 fully saturated rings. The molecule has 3 aromatic carbocycles. The van der Waals surface area contributed by atoms with Crippen LogP contribution in [-0.4, -0.2) is 39.8 Å². The van der Waals surface area contributed by atoms with Gasteiger partial charge in [0.2, 0.25) is 0 Å². The number of carbonyl (C=O) groups is 1. The summed E-state index contributed by atoms with van der Waals surface area (Å²) < 4.78 is 7.72. The van der Waals surface area contributed by atoms with E-state index in [2.05, 4.69) is 82.8 Å².